The number of aromatic nitrogens is 2. The smallest absolute Gasteiger partial charge is 0.336 e. The third kappa shape index (κ3) is 3.78. The van der Waals surface area contributed by atoms with Gasteiger partial charge >= 0.3 is 5.97 Å². The van der Waals surface area contributed by atoms with E-state index in [0.29, 0.717) is 16.9 Å². The lowest BCUT2D eigenvalue weighted by Crippen LogP contribution is -2.01. The Morgan fingerprint density at radius 1 is 1.00 bits per heavy atom. The molecule has 2 heterocycles. The van der Waals surface area contributed by atoms with Crippen molar-refractivity contribution in [1.29, 1.82) is 0 Å². The van der Waals surface area contributed by atoms with E-state index in [2.05, 4.69) is 15.3 Å². The lowest BCUT2D eigenvalue weighted by atomic mass is 10.0. The number of fused-ring (bicyclic) bond motifs is 1. The summed E-state index contributed by atoms with van der Waals surface area (Å²) in [5.74, 6) is -1.64. The van der Waals surface area contributed by atoms with Crippen molar-refractivity contribution in [3.63, 3.8) is 0 Å². The summed E-state index contributed by atoms with van der Waals surface area (Å²) in [5, 5.41) is 13.0. The van der Waals surface area contributed by atoms with Crippen molar-refractivity contribution in [3.05, 3.63) is 78.2 Å². The maximum atomic E-state index is 13.5. The Hall–Kier alpha value is -3.80. The zero-order chi connectivity index (χ0) is 20.4. The number of anilines is 1. The highest BCUT2D eigenvalue weighted by Crippen LogP contribution is 2.27. The molecule has 0 atom stereocenters. The van der Waals surface area contributed by atoms with Gasteiger partial charge in [0.15, 0.2) is 0 Å². The van der Waals surface area contributed by atoms with Gasteiger partial charge in [0.25, 0.3) is 0 Å². The van der Waals surface area contributed by atoms with Crippen LogP contribution in [0.15, 0.2) is 66.9 Å². The number of aromatic carboxylic acids is 1. The maximum absolute atomic E-state index is 13.5. The van der Waals surface area contributed by atoms with Crippen molar-refractivity contribution in [3.8, 4) is 22.5 Å². The molecule has 0 fully saturated rings. The number of carbonyl (C=O) groups is 1. The topological polar surface area (TPSA) is 75.1 Å². The number of pyridine rings is 2. The average Bonchev–Trinajstić information content (AvgIpc) is 2.74. The van der Waals surface area contributed by atoms with Crippen LogP contribution in [-0.2, 0) is 0 Å². The Morgan fingerprint density at radius 2 is 1.76 bits per heavy atom. The molecule has 0 aliphatic rings. The number of hydrogen-bond acceptors (Lipinski definition) is 4. The van der Waals surface area contributed by atoms with E-state index in [0.717, 1.165) is 23.4 Å². The number of nitrogens with one attached hydrogen (secondary N) is 1. The van der Waals surface area contributed by atoms with E-state index in [1.54, 1.807) is 12.3 Å². The molecular weight excluding hydrogens is 369 g/mol. The fraction of sp³-hybridized carbons (Fsp3) is 0.0870. The predicted octanol–water partition coefficient (Wildman–Crippen LogP) is 5.23. The second kappa shape index (κ2) is 7.67. The second-order valence-corrected chi connectivity index (χ2v) is 6.56. The zero-order valence-corrected chi connectivity index (χ0v) is 15.7. The molecule has 0 aliphatic heterocycles. The SMILES string of the molecule is CCNc1ccc(-c2ccc(-c3cc(C(=O)O)c4cc(F)ccc4n3)nc2)cc1. The van der Waals surface area contributed by atoms with Crippen LogP contribution in [0.5, 0.6) is 0 Å². The lowest BCUT2D eigenvalue weighted by molar-refractivity contribution is 0.0699. The molecule has 0 spiro atoms. The Morgan fingerprint density at radius 3 is 2.41 bits per heavy atom. The van der Waals surface area contributed by atoms with Crippen molar-refractivity contribution >= 4 is 22.6 Å². The minimum absolute atomic E-state index is 0.00519. The maximum Gasteiger partial charge on any atom is 0.336 e. The highest BCUT2D eigenvalue weighted by atomic mass is 19.1. The van der Waals surface area contributed by atoms with Gasteiger partial charge in [0.05, 0.1) is 22.5 Å². The van der Waals surface area contributed by atoms with Gasteiger partial charge in [0.1, 0.15) is 5.82 Å². The summed E-state index contributed by atoms with van der Waals surface area (Å²) in [5.41, 5.74) is 4.40. The van der Waals surface area contributed by atoms with Crippen LogP contribution in [0.25, 0.3) is 33.4 Å². The molecule has 4 aromatic rings. The number of benzene rings is 2. The molecule has 2 N–H and O–H groups in total. The number of halogens is 1. The minimum atomic E-state index is -1.14. The van der Waals surface area contributed by atoms with E-state index >= 15 is 0 Å². The van der Waals surface area contributed by atoms with E-state index in [9.17, 15) is 14.3 Å². The number of carboxylic acid groups (broad SMARTS) is 1. The van der Waals surface area contributed by atoms with Crippen molar-refractivity contribution in [2.45, 2.75) is 6.92 Å². The molecule has 0 bridgehead atoms. The summed E-state index contributed by atoms with van der Waals surface area (Å²) < 4.78 is 13.5. The van der Waals surface area contributed by atoms with E-state index in [-0.39, 0.29) is 10.9 Å². The molecule has 0 amide bonds. The molecule has 0 saturated heterocycles. The monoisotopic (exact) mass is 387 g/mol. The van der Waals surface area contributed by atoms with Crippen molar-refractivity contribution in [2.24, 2.45) is 0 Å². The Labute approximate surface area is 166 Å². The summed E-state index contributed by atoms with van der Waals surface area (Å²) in [7, 11) is 0. The van der Waals surface area contributed by atoms with Crippen LogP contribution in [0.2, 0.25) is 0 Å². The molecule has 0 aliphatic carbocycles. The molecule has 2 aromatic carbocycles. The summed E-state index contributed by atoms with van der Waals surface area (Å²) in [6.07, 6.45) is 1.73. The number of carboxylic acids is 1. The minimum Gasteiger partial charge on any atom is -0.478 e. The third-order valence-corrected chi connectivity index (χ3v) is 4.63. The highest BCUT2D eigenvalue weighted by molar-refractivity contribution is 6.03. The van der Waals surface area contributed by atoms with Gasteiger partial charge in [-0.3, -0.25) is 4.98 Å². The summed E-state index contributed by atoms with van der Waals surface area (Å²) >= 11 is 0. The quantitative estimate of drug-likeness (QED) is 0.490. The van der Waals surface area contributed by atoms with E-state index < -0.39 is 11.8 Å². The largest absolute Gasteiger partial charge is 0.478 e. The van der Waals surface area contributed by atoms with Gasteiger partial charge in [-0.1, -0.05) is 18.2 Å². The van der Waals surface area contributed by atoms with Gasteiger partial charge in [-0.05, 0) is 55.0 Å². The second-order valence-electron chi connectivity index (χ2n) is 6.56. The Kier molecular flexibility index (Phi) is 4.91. The first-order valence-electron chi connectivity index (χ1n) is 9.19. The van der Waals surface area contributed by atoms with Crippen LogP contribution in [0.3, 0.4) is 0 Å². The van der Waals surface area contributed by atoms with Crippen LogP contribution < -0.4 is 5.32 Å². The molecular formula is C23H18FN3O2. The van der Waals surface area contributed by atoms with E-state index in [1.807, 2.05) is 37.3 Å². The fourth-order valence-corrected chi connectivity index (χ4v) is 3.21. The third-order valence-electron chi connectivity index (χ3n) is 4.63. The molecule has 5 nitrogen and oxygen atoms in total. The first-order chi connectivity index (χ1) is 14.0. The summed E-state index contributed by atoms with van der Waals surface area (Å²) in [4.78, 5) is 20.6. The standard InChI is InChI=1S/C23H18FN3O2/c1-2-25-17-7-3-14(4-8-17)15-5-9-21(26-13-15)22-12-19(23(28)29)18-11-16(24)6-10-20(18)27-22/h3-13,25H,2H2,1H3,(H,28,29). The summed E-state index contributed by atoms with van der Waals surface area (Å²) in [6, 6.07) is 17.1. The van der Waals surface area contributed by atoms with Crippen molar-refractivity contribution < 1.29 is 14.3 Å². The zero-order valence-electron chi connectivity index (χ0n) is 15.7. The van der Waals surface area contributed by atoms with Gasteiger partial charge < -0.3 is 10.4 Å². The fourth-order valence-electron chi connectivity index (χ4n) is 3.21. The van der Waals surface area contributed by atoms with Crippen LogP contribution >= 0.6 is 0 Å². The molecule has 0 unspecified atom stereocenters. The van der Waals surface area contributed by atoms with E-state index in [4.69, 9.17) is 0 Å². The molecule has 6 heteroatoms. The van der Waals surface area contributed by atoms with Gasteiger partial charge in [-0.2, -0.15) is 0 Å². The molecule has 0 saturated carbocycles. The van der Waals surface area contributed by atoms with Crippen LogP contribution in [0.4, 0.5) is 10.1 Å². The van der Waals surface area contributed by atoms with Gasteiger partial charge in [0.2, 0.25) is 0 Å². The van der Waals surface area contributed by atoms with Crippen molar-refractivity contribution in [1.82, 2.24) is 9.97 Å². The lowest BCUT2D eigenvalue weighted by Gasteiger charge is -2.08. The Balaban J connectivity index is 1.71. The normalized spacial score (nSPS) is 10.8. The molecule has 4 rings (SSSR count). The first kappa shape index (κ1) is 18.6. The van der Waals surface area contributed by atoms with Gasteiger partial charge in [-0.15, -0.1) is 0 Å². The van der Waals surface area contributed by atoms with Crippen LogP contribution in [0, 0.1) is 5.82 Å². The van der Waals surface area contributed by atoms with Gasteiger partial charge in [-0.25, -0.2) is 14.2 Å². The highest BCUT2D eigenvalue weighted by Gasteiger charge is 2.14. The average molecular weight is 387 g/mol. The molecule has 2 aromatic heterocycles. The molecule has 0 radical (unpaired) electrons. The van der Waals surface area contributed by atoms with Crippen LogP contribution in [0.1, 0.15) is 17.3 Å². The van der Waals surface area contributed by atoms with Crippen LogP contribution in [-0.4, -0.2) is 27.6 Å². The molecule has 144 valence electrons. The number of hydrogen-bond donors (Lipinski definition) is 2. The Bertz CT molecular complexity index is 1190. The first-order valence-corrected chi connectivity index (χ1v) is 9.19. The molecule has 29 heavy (non-hydrogen) atoms. The number of rotatable bonds is 5. The predicted molar refractivity (Wildman–Crippen MR) is 111 cm³/mol. The van der Waals surface area contributed by atoms with Gasteiger partial charge in [0, 0.05) is 29.4 Å². The number of nitrogens with zero attached hydrogens (tertiary/aromatic N) is 2. The summed E-state index contributed by atoms with van der Waals surface area (Å²) in [6.45, 7) is 2.91. The van der Waals surface area contributed by atoms with Crippen molar-refractivity contribution in [2.75, 3.05) is 11.9 Å². The van der Waals surface area contributed by atoms with E-state index in [1.165, 1.54) is 24.3 Å².